The molecule has 1 fully saturated rings. The zero-order valence-electron chi connectivity index (χ0n) is 11.0. The molecule has 0 atom stereocenters. The van der Waals surface area contributed by atoms with Crippen LogP contribution in [0.4, 0.5) is 18.9 Å². The van der Waals surface area contributed by atoms with Crippen molar-refractivity contribution < 1.29 is 18.0 Å². The third-order valence-electron chi connectivity index (χ3n) is 3.44. The van der Waals surface area contributed by atoms with Crippen LogP contribution in [0.5, 0.6) is 0 Å². The summed E-state index contributed by atoms with van der Waals surface area (Å²) in [4.78, 5) is 13.4. The van der Waals surface area contributed by atoms with E-state index in [1.807, 2.05) is 11.8 Å². The molecule has 110 valence electrons. The number of benzene rings is 1. The van der Waals surface area contributed by atoms with Crippen LogP contribution < -0.4 is 16.0 Å². The first-order valence-electron chi connectivity index (χ1n) is 6.33. The maximum atomic E-state index is 12.7. The maximum absolute atomic E-state index is 12.7. The molecule has 1 aliphatic heterocycles. The number of amides is 1. The number of nitrogens with one attached hydrogen (secondary N) is 1. The van der Waals surface area contributed by atoms with E-state index in [-0.39, 0.29) is 11.6 Å². The predicted molar refractivity (Wildman–Crippen MR) is 69.6 cm³/mol. The van der Waals surface area contributed by atoms with Gasteiger partial charge in [-0.15, -0.1) is 0 Å². The van der Waals surface area contributed by atoms with Gasteiger partial charge in [-0.05, 0) is 25.1 Å². The summed E-state index contributed by atoms with van der Waals surface area (Å²) in [6, 6.07) is 3.31. The van der Waals surface area contributed by atoms with Crippen LogP contribution in [-0.4, -0.2) is 31.6 Å². The Morgan fingerprint density at radius 2 is 2.10 bits per heavy atom. The van der Waals surface area contributed by atoms with Crippen molar-refractivity contribution in [1.82, 2.24) is 5.32 Å². The van der Waals surface area contributed by atoms with Gasteiger partial charge in [0.25, 0.3) is 5.91 Å². The minimum absolute atomic E-state index is 0.0893. The standard InChI is InChI=1S/C13H16F3N3O/c1-2-19(9-6-18-7-9)11-4-3-8(13(14,15)16)5-10(11)12(17)20/h3-5,9,18H,2,6-7H2,1H3,(H2,17,20). The zero-order chi connectivity index (χ0) is 14.9. The van der Waals surface area contributed by atoms with Gasteiger partial charge in [-0.2, -0.15) is 13.2 Å². The number of nitrogens with zero attached hydrogens (tertiary/aromatic N) is 1. The summed E-state index contributed by atoms with van der Waals surface area (Å²) >= 11 is 0. The highest BCUT2D eigenvalue weighted by Gasteiger charge is 2.33. The summed E-state index contributed by atoms with van der Waals surface area (Å²) in [5.74, 6) is -0.850. The number of hydrogen-bond acceptors (Lipinski definition) is 3. The first-order chi connectivity index (χ1) is 9.34. The SMILES string of the molecule is CCN(c1ccc(C(F)(F)F)cc1C(N)=O)C1CNC1. The third kappa shape index (κ3) is 2.72. The van der Waals surface area contributed by atoms with Crippen molar-refractivity contribution in [2.24, 2.45) is 5.73 Å². The van der Waals surface area contributed by atoms with Crippen molar-refractivity contribution in [1.29, 1.82) is 0 Å². The van der Waals surface area contributed by atoms with Crippen LogP contribution in [0.2, 0.25) is 0 Å². The molecule has 0 saturated carbocycles. The van der Waals surface area contributed by atoms with Crippen molar-refractivity contribution in [2.75, 3.05) is 24.5 Å². The quantitative estimate of drug-likeness (QED) is 0.884. The topological polar surface area (TPSA) is 58.4 Å². The molecule has 0 bridgehead atoms. The van der Waals surface area contributed by atoms with Crippen molar-refractivity contribution in [3.05, 3.63) is 29.3 Å². The molecule has 0 radical (unpaired) electrons. The zero-order valence-corrected chi connectivity index (χ0v) is 11.0. The number of carbonyl (C=O) groups is 1. The Labute approximate surface area is 114 Å². The average Bonchev–Trinajstić information content (AvgIpc) is 2.31. The summed E-state index contributed by atoms with van der Waals surface area (Å²) in [6.45, 7) is 3.97. The van der Waals surface area contributed by atoms with E-state index < -0.39 is 17.6 Å². The predicted octanol–water partition coefficient (Wildman–Crippen LogP) is 1.60. The van der Waals surface area contributed by atoms with Crippen molar-refractivity contribution >= 4 is 11.6 Å². The Morgan fingerprint density at radius 3 is 2.50 bits per heavy atom. The summed E-state index contributed by atoms with van der Waals surface area (Å²) < 4.78 is 38.1. The lowest BCUT2D eigenvalue weighted by molar-refractivity contribution is -0.137. The van der Waals surface area contributed by atoms with Gasteiger partial charge in [0.05, 0.1) is 17.2 Å². The minimum atomic E-state index is -4.49. The van der Waals surface area contributed by atoms with E-state index in [0.29, 0.717) is 12.2 Å². The summed E-state index contributed by atoms with van der Waals surface area (Å²) in [7, 11) is 0. The number of hydrogen-bond donors (Lipinski definition) is 2. The monoisotopic (exact) mass is 287 g/mol. The van der Waals surface area contributed by atoms with E-state index in [0.717, 1.165) is 25.2 Å². The second-order valence-corrected chi connectivity index (χ2v) is 4.69. The molecule has 1 amide bonds. The first kappa shape index (κ1) is 14.6. The molecule has 0 spiro atoms. The molecule has 0 aliphatic carbocycles. The van der Waals surface area contributed by atoms with E-state index in [1.54, 1.807) is 0 Å². The lowest BCUT2D eigenvalue weighted by Gasteiger charge is -2.40. The molecule has 7 heteroatoms. The lowest BCUT2D eigenvalue weighted by atomic mass is 10.0. The molecule has 1 saturated heterocycles. The highest BCUT2D eigenvalue weighted by Crippen LogP contribution is 2.33. The third-order valence-corrected chi connectivity index (χ3v) is 3.44. The minimum Gasteiger partial charge on any atom is -0.366 e. The molecule has 0 unspecified atom stereocenters. The Morgan fingerprint density at radius 1 is 1.45 bits per heavy atom. The van der Waals surface area contributed by atoms with Crippen molar-refractivity contribution in [3.63, 3.8) is 0 Å². The number of anilines is 1. The molecule has 1 aromatic carbocycles. The number of halogens is 3. The molecule has 0 aromatic heterocycles. The number of nitrogens with two attached hydrogens (primary N) is 1. The van der Waals surface area contributed by atoms with Gasteiger partial charge in [0, 0.05) is 25.3 Å². The van der Waals surface area contributed by atoms with Gasteiger partial charge in [0.1, 0.15) is 0 Å². The second-order valence-electron chi connectivity index (χ2n) is 4.69. The molecular weight excluding hydrogens is 271 g/mol. The molecule has 1 aliphatic rings. The smallest absolute Gasteiger partial charge is 0.366 e. The van der Waals surface area contributed by atoms with Gasteiger partial charge >= 0.3 is 6.18 Å². The van der Waals surface area contributed by atoms with Crippen LogP contribution in [0.1, 0.15) is 22.8 Å². The number of likely N-dealkylation sites (N-methyl/N-ethyl adjacent to an activating group) is 1. The summed E-state index contributed by atoms with van der Waals surface area (Å²) in [5.41, 5.74) is 4.74. The van der Waals surface area contributed by atoms with Gasteiger partial charge in [-0.25, -0.2) is 0 Å². The maximum Gasteiger partial charge on any atom is 0.416 e. The number of carbonyl (C=O) groups excluding carboxylic acids is 1. The van der Waals surface area contributed by atoms with Crippen LogP contribution in [0, 0.1) is 0 Å². The van der Waals surface area contributed by atoms with Gasteiger partial charge in [-0.3, -0.25) is 4.79 Å². The number of alkyl halides is 3. The van der Waals surface area contributed by atoms with Crippen LogP contribution in [-0.2, 0) is 6.18 Å². The molecule has 4 nitrogen and oxygen atoms in total. The van der Waals surface area contributed by atoms with Crippen LogP contribution >= 0.6 is 0 Å². The van der Waals surface area contributed by atoms with E-state index in [2.05, 4.69) is 5.32 Å². The Hall–Kier alpha value is -1.76. The fraction of sp³-hybridized carbons (Fsp3) is 0.462. The van der Waals surface area contributed by atoms with Gasteiger partial charge in [0.15, 0.2) is 0 Å². The molecule has 1 heterocycles. The van der Waals surface area contributed by atoms with Gasteiger partial charge in [0.2, 0.25) is 0 Å². The summed E-state index contributed by atoms with van der Waals surface area (Å²) in [5, 5.41) is 3.09. The van der Waals surface area contributed by atoms with E-state index in [4.69, 9.17) is 5.73 Å². The fourth-order valence-corrected chi connectivity index (χ4v) is 2.28. The Kier molecular flexibility index (Phi) is 3.89. The highest BCUT2D eigenvalue weighted by atomic mass is 19.4. The molecule has 2 rings (SSSR count). The largest absolute Gasteiger partial charge is 0.416 e. The van der Waals surface area contributed by atoms with E-state index in [1.165, 1.54) is 6.07 Å². The van der Waals surface area contributed by atoms with Gasteiger partial charge < -0.3 is 16.0 Å². The van der Waals surface area contributed by atoms with E-state index in [9.17, 15) is 18.0 Å². The lowest BCUT2D eigenvalue weighted by Crippen LogP contribution is -2.57. The van der Waals surface area contributed by atoms with Crippen molar-refractivity contribution in [2.45, 2.75) is 19.1 Å². The fourth-order valence-electron chi connectivity index (χ4n) is 2.28. The Bertz CT molecular complexity index is 512. The molecular formula is C13H16F3N3O. The molecule has 3 N–H and O–H groups in total. The van der Waals surface area contributed by atoms with Crippen molar-refractivity contribution in [3.8, 4) is 0 Å². The van der Waals surface area contributed by atoms with Crippen LogP contribution in [0.3, 0.4) is 0 Å². The normalized spacial score (nSPS) is 15.8. The summed E-state index contributed by atoms with van der Waals surface area (Å²) in [6.07, 6.45) is -4.49. The van der Waals surface area contributed by atoms with Crippen LogP contribution in [0.25, 0.3) is 0 Å². The number of rotatable bonds is 4. The van der Waals surface area contributed by atoms with Crippen LogP contribution in [0.15, 0.2) is 18.2 Å². The first-order valence-corrected chi connectivity index (χ1v) is 6.33. The highest BCUT2D eigenvalue weighted by molar-refractivity contribution is 5.99. The average molecular weight is 287 g/mol. The van der Waals surface area contributed by atoms with Gasteiger partial charge in [-0.1, -0.05) is 0 Å². The molecule has 1 aromatic rings. The van der Waals surface area contributed by atoms with E-state index >= 15 is 0 Å². The Balaban J connectivity index is 2.44. The molecule has 20 heavy (non-hydrogen) atoms. The number of primary amides is 1. The second kappa shape index (κ2) is 5.32.